The van der Waals surface area contributed by atoms with Gasteiger partial charge in [0.25, 0.3) is 5.91 Å². The normalized spacial score (nSPS) is 15.0. The molecule has 1 unspecified atom stereocenters. The highest BCUT2D eigenvalue weighted by Crippen LogP contribution is 2.42. The van der Waals surface area contributed by atoms with E-state index in [0.29, 0.717) is 34.0 Å². The summed E-state index contributed by atoms with van der Waals surface area (Å²) in [7, 11) is 1.56. The molecule has 1 aliphatic heterocycles. The maximum Gasteiger partial charge on any atom is 0.257 e. The number of benzene rings is 2. The van der Waals surface area contributed by atoms with Crippen molar-refractivity contribution in [1.82, 2.24) is 9.55 Å². The Morgan fingerprint density at radius 3 is 2.31 bits per heavy atom. The lowest BCUT2D eigenvalue weighted by Gasteiger charge is -2.16. The Kier molecular flexibility index (Phi) is 6.88. The van der Waals surface area contributed by atoms with Crippen molar-refractivity contribution in [2.75, 3.05) is 12.0 Å². The highest BCUT2D eigenvalue weighted by Gasteiger charge is 2.41. The number of fused-ring (bicyclic) bond motifs is 1. The van der Waals surface area contributed by atoms with Crippen molar-refractivity contribution in [2.45, 2.75) is 26.3 Å². The van der Waals surface area contributed by atoms with E-state index in [2.05, 4.69) is 20.9 Å². The summed E-state index contributed by atoms with van der Waals surface area (Å²) in [5.74, 6) is 0.894. The summed E-state index contributed by atoms with van der Waals surface area (Å²) in [4.78, 5) is 19.2. The van der Waals surface area contributed by atoms with Crippen LogP contribution in [0.1, 0.15) is 25.5 Å². The van der Waals surface area contributed by atoms with E-state index in [1.807, 2.05) is 38.1 Å². The van der Waals surface area contributed by atoms with Crippen LogP contribution in [0.4, 0.5) is 11.6 Å². The summed E-state index contributed by atoms with van der Waals surface area (Å²) >= 11 is 15.7. The van der Waals surface area contributed by atoms with Crippen LogP contribution >= 0.6 is 39.1 Å². The number of halogens is 3. The molecule has 3 aromatic rings. The molecule has 0 spiro atoms. The molecule has 152 valence electrons. The molecule has 0 aliphatic carbocycles. The minimum absolute atomic E-state index is 0.113. The second-order valence-corrected chi connectivity index (χ2v) is 7.91. The van der Waals surface area contributed by atoms with Crippen molar-refractivity contribution in [3.8, 4) is 5.88 Å². The lowest BCUT2D eigenvalue weighted by Crippen LogP contribution is -2.26. The second kappa shape index (κ2) is 9.20. The molecule has 0 bridgehead atoms. The number of carbonyl (C=O) groups excluding carboxylic acids is 1. The molecule has 2 heterocycles. The smallest absolute Gasteiger partial charge is 0.257 e. The van der Waals surface area contributed by atoms with Crippen LogP contribution in [0.3, 0.4) is 0 Å². The van der Waals surface area contributed by atoms with Crippen molar-refractivity contribution in [1.29, 1.82) is 0 Å². The summed E-state index contributed by atoms with van der Waals surface area (Å²) in [6, 6.07) is 12.4. The number of methoxy groups -OCH3 is 1. The number of carbonyl (C=O) groups is 1. The third kappa shape index (κ3) is 4.29. The van der Waals surface area contributed by atoms with Gasteiger partial charge in [0.1, 0.15) is 6.04 Å². The van der Waals surface area contributed by atoms with Crippen molar-refractivity contribution in [3.05, 3.63) is 68.7 Å². The molecule has 2 aromatic carbocycles. The van der Waals surface area contributed by atoms with Crippen molar-refractivity contribution in [3.63, 3.8) is 0 Å². The highest BCUT2D eigenvalue weighted by molar-refractivity contribution is 9.10. The van der Waals surface area contributed by atoms with Gasteiger partial charge in [-0.1, -0.05) is 65.1 Å². The van der Waals surface area contributed by atoms with Gasteiger partial charge >= 0.3 is 0 Å². The first-order valence-corrected chi connectivity index (χ1v) is 10.7. The first-order chi connectivity index (χ1) is 14.0. The Morgan fingerprint density at radius 1 is 1.10 bits per heavy atom. The zero-order valence-corrected chi connectivity index (χ0v) is 19.3. The molecule has 0 saturated heterocycles. The van der Waals surface area contributed by atoms with Gasteiger partial charge in [-0.05, 0) is 35.9 Å². The average Bonchev–Trinajstić information content (AvgIpc) is 3.22. The van der Waals surface area contributed by atoms with Crippen LogP contribution in [-0.2, 0) is 11.2 Å². The molecule has 5 nitrogen and oxygen atoms in total. The van der Waals surface area contributed by atoms with Crippen LogP contribution in [0.25, 0.3) is 0 Å². The minimum Gasteiger partial charge on any atom is -0.481 e. The van der Waals surface area contributed by atoms with Crippen LogP contribution in [0, 0.1) is 0 Å². The fraction of sp³-hybridized carbons (Fsp3) is 0.238. The maximum atomic E-state index is 13.3. The number of hydrogen-bond acceptors (Lipinski definition) is 3. The molecule has 1 amide bonds. The molecule has 8 heteroatoms. The second-order valence-electron chi connectivity index (χ2n) is 6.12. The Balaban J connectivity index is 0.00000117. The van der Waals surface area contributed by atoms with E-state index in [-0.39, 0.29) is 5.91 Å². The topological polar surface area (TPSA) is 47.4 Å². The third-order valence-corrected chi connectivity index (χ3v) is 5.38. The Labute approximate surface area is 188 Å². The van der Waals surface area contributed by atoms with Gasteiger partial charge in [-0.3, -0.25) is 9.36 Å². The minimum atomic E-state index is -0.476. The van der Waals surface area contributed by atoms with E-state index in [1.54, 1.807) is 36.1 Å². The monoisotopic (exact) mass is 495 g/mol. The van der Waals surface area contributed by atoms with Crippen molar-refractivity contribution < 1.29 is 9.53 Å². The number of aromatic nitrogens is 2. The quantitative estimate of drug-likeness (QED) is 0.417. The van der Waals surface area contributed by atoms with Crippen LogP contribution in [0.15, 0.2) is 53.1 Å². The lowest BCUT2D eigenvalue weighted by molar-refractivity contribution is -0.119. The molecule has 1 aliphatic rings. The lowest BCUT2D eigenvalue weighted by atomic mass is 10.1. The standard InChI is InChI=1S/C19H14BrCl2N3O2.C2H6/c1-27-17-10-23-19-24(15-8-13(21)7-14(22)9-15)18(26)16(25(17)19)6-11-2-4-12(20)5-3-11;1-2/h2-5,7-10,16H,6H2,1H3;1-2H3. The zero-order chi connectivity index (χ0) is 21.1. The average molecular weight is 497 g/mol. The van der Waals surface area contributed by atoms with Gasteiger partial charge in [-0.2, -0.15) is 0 Å². The molecule has 0 N–H and O–H groups in total. The Bertz CT molecular complexity index is 1000. The van der Waals surface area contributed by atoms with Crippen LogP contribution in [0.5, 0.6) is 5.88 Å². The number of rotatable bonds is 4. The molecule has 0 saturated carbocycles. The van der Waals surface area contributed by atoms with E-state index in [9.17, 15) is 4.79 Å². The van der Waals surface area contributed by atoms with Gasteiger partial charge in [0.05, 0.1) is 19.0 Å². The molecule has 1 aromatic heterocycles. The summed E-state index contributed by atoms with van der Waals surface area (Å²) in [5, 5.41) is 0.901. The van der Waals surface area contributed by atoms with E-state index >= 15 is 0 Å². The predicted octanol–water partition coefficient (Wildman–Crippen LogP) is 6.45. The number of ether oxygens (including phenoxy) is 1. The number of anilines is 2. The zero-order valence-electron chi connectivity index (χ0n) is 16.2. The van der Waals surface area contributed by atoms with Gasteiger partial charge < -0.3 is 4.74 Å². The summed E-state index contributed by atoms with van der Waals surface area (Å²) < 4.78 is 8.22. The number of hydrogen-bond donors (Lipinski definition) is 0. The Hall–Kier alpha value is -2.02. The van der Waals surface area contributed by atoms with Crippen LogP contribution in [0.2, 0.25) is 10.0 Å². The molecule has 4 rings (SSSR count). The molecule has 29 heavy (non-hydrogen) atoms. The number of amides is 1. The molecule has 1 atom stereocenters. The van der Waals surface area contributed by atoms with Gasteiger partial charge in [0.2, 0.25) is 11.8 Å². The number of imidazole rings is 1. The van der Waals surface area contributed by atoms with Crippen molar-refractivity contribution in [2.24, 2.45) is 0 Å². The predicted molar refractivity (Wildman–Crippen MR) is 121 cm³/mol. The third-order valence-electron chi connectivity index (χ3n) is 4.42. The van der Waals surface area contributed by atoms with E-state index in [1.165, 1.54) is 4.90 Å². The highest BCUT2D eigenvalue weighted by atomic mass is 79.9. The Morgan fingerprint density at radius 2 is 1.72 bits per heavy atom. The van der Waals surface area contributed by atoms with Gasteiger partial charge in [0, 0.05) is 20.9 Å². The SMILES string of the molecule is CC.COc1cnc2n1C(Cc1ccc(Br)cc1)C(=O)N2c1cc(Cl)cc(Cl)c1. The molecule has 0 radical (unpaired) electrons. The van der Waals surface area contributed by atoms with Gasteiger partial charge in [0.15, 0.2) is 0 Å². The van der Waals surface area contributed by atoms with Crippen molar-refractivity contribution >= 4 is 56.7 Å². The van der Waals surface area contributed by atoms with E-state index < -0.39 is 6.04 Å². The fourth-order valence-corrected chi connectivity index (χ4v) is 4.02. The summed E-state index contributed by atoms with van der Waals surface area (Å²) in [5.41, 5.74) is 1.61. The fourth-order valence-electron chi connectivity index (χ4n) is 3.24. The molecule has 0 fully saturated rings. The summed E-state index contributed by atoms with van der Waals surface area (Å²) in [6.45, 7) is 4.00. The van der Waals surface area contributed by atoms with E-state index in [0.717, 1.165) is 10.0 Å². The first-order valence-electron chi connectivity index (χ1n) is 9.13. The van der Waals surface area contributed by atoms with Gasteiger partial charge in [-0.25, -0.2) is 9.88 Å². The van der Waals surface area contributed by atoms with Gasteiger partial charge in [-0.15, -0.1) is 0 Å². The van der Waals surface area contributed by atoms with Crippen LogP contribution in [-0.4, -0.2) is 22.6 Å². The summed E-state index contributed by atoms with van der Waals surface area (Å²) in [6.07, 6.45) is 2.12. The first kappa shape index (κ1) is 21.7. The maximum absolute atomic E-state index is 13.3. The van der Waals surface area contributed by atoms with Crippen LogP contribution < -0.4 is 9.64 Å². The van der Waals surface area contributed by atoms with E-state index in [4.69, 9.17) is 27.9 Å². The number of nitrogens with zero attached hydrogens (tertiary/aromatic N) is 3. The molecular formula is C21H20BrCl2N3O2. The largest absolute Gasteiger partial charge is 0.481 e. The molecular weight excluding hydrogens is 477 g/mol.